The molecule has 0 bridgehead atoms. The van der Waals surface area contributed by atoms with Gasteiger partial charge in [-0.3, -0.25) is 0 Å². The molecule has 0 amide bonds. The third-order valence-electron chi connectivity index (χ3n) is 2.56. The maximum atomic E-state index is 12.9. The van der Waals surface area contributed by atoms with Crippen LogP contribution in [0.4, 0.5) is 4.39 Å². The van der Waals surface area contributed by atoms with Crippen molar-refractivity contribution in [3.05, 3.63) is 57.9 Å². The van der Waals surface area contributed by atoms with Gasteiger partial charge in [0, 0.05) is 22.3 Å². The molecule has 0 saturated heterocycles. The smallest absolute Gasteiger partial charge is 0.340 e. The predicted molar refractivity (Wildman–Crippen MR) is 74.0 cm³/mol. The maximum absolute atomic E-state index is 12.9. The highest BCUT2D eigenvalue weighted by Crippen LogP contribution is 2.19. The molecule has 1 aromatic heterocycles. The fraction of sp³-hybridized carbons (Fsp3) is 0.143. The van der Waals surface area contributed by atoms with Crippen molar-refractivity contribution >= 4 is 21.9 Å². The van der Waals surface area contributed by atoms with Gasteiger partial charge in [0.25, 0.3) is 0 Å². The van der Waals surface area contributed by atoms with E-state index in [1.54, 1.807) is 18.2 Å². The van der Waals surface area contributed by atoms with Gasteiger partial charge in [-0.25, -0.2) is 14.2 Å². The third kappa shape index (κ3) is 3.54. The van der Waals surface area contributed by atoms with Crippen molar-refractivity contribution in [1.82, 2.24) is 4.98 Å². The zero-order valence-corrected chi connectivity index (χ0v) is 12.2. The van der Waals surface area contributed by atoms with Gasteiger partial charge in [-0.05, 0) is 18.2 Å². The summed E-state index contributed by atoms with van der Waals surface area (Å²) in [6, 6.07) is 7.32. The summed E-state index contributed by atoms with van der Waals surface area (Å²) in [5.74, 6) is -0.439. The second-order valence-electron chi connectivity index (χ2n) is 3.90. The second-order valence-corrected chi connectivity index (χ2v) is 4.76. The summed E-state index contributed by atoms with van der Waals surface area (Å²) in [6.07, 6.45) is 1.38. The van der Waals surface area contributed by atoms with Crippen LogP contribution in [0.25, 0.3) is 0 Å². The number of ether oxygens (including phenoxy) is 2. The van der Waals surface area contributed by atoms with Gasteiger partial charge in [0.05, 0.1) is 12.7 Å². The van der Waals surface area contributed by atoms with E-state index < -0.39 is 5.97 Å². The molecule has 6 heteroatoms. The minimum absolute atomic E-state index is 0.0473. The standard InChI is InChI=1S/C14H11BrFNO3/c1-19-13-5-3-9(7-17-13)14(18)20-8-10-2-4-11(16)6-12(10)15/h2-7H,8H2,1H3. The summed E-state index contributed by atoms with van der Waals surface area (Å²) in [6.45, 7) is 0.0473. The molecular formula is C14H11BrFNO3. The van der Waals surface area contributed by atoms with Crippen LogP contribution >= 0.6 is 15.9 Å². The molecule has 0 N–H and O–H groups in total. The van der Waals surface area contributed by atoms with Crippen LogP contribution in [-0.4, -0.2) is 18.1 Å². The molecule has 104 valence electrons. The van der Waals surface area contributed by atoms with E-state index in [0.29, 0.717) is 21.5 Å². The Hall–Kier alpha value is -1.95. The van der Waals surface area contributed by atoms with Gasteiger partial charge >= 0.3 is 5.97 Å². The van der Waals surface area contributed by atoms with E-state index in [2.05, 4.69) is 20.9 Å². The number of nitrogens with zero attached hydrogens (tertiary/aromatic N) is 1. The first-order chi connectivity index (χ1) is 9.60. The number of hydrogen-bond donors (Lipinski definition) is 0. The molecule has 0 atom stereocenters. The van der Waals surface area contributed by atoms with Crippen molar-refractivity contribution in [3.8, 4) is 5.88 Å². The first-order valence-corrected chi connectivity index (χ1v) is 6.50. The number of carbonyl (C=O) groups is 1. The first-order valence-electron chi connectivity index (χ1n) is 5.71. The van der Waals surface area contributed by atoms with Gasteiger partial charge in [-0.2, -0.15) is 0 Å². The number of pyridine rings is 1. The van der Waals surface area contributed by atoms with Gasteiger partial charge < -0.3 is 9.47 Å². The van der Waals surface area contributed by atoms with Crippen LogP contribution in [0.5, 0.6) is 5.88 Å². The highest BCUT2D eigenvalue weighted by Gasteiger charge is 2.10. The Labute approximate surface area is 123 Å². The molecule has 0 radical (unpaired) electrons. The molecule has 2 aromatic rings. The van der Waals surface area contributed by atoms with Gasteiger partial charge in [-0.15, -0.1) is 0 Å². The van der Waals surface area contributed by atoms with Crippen LogP contribution in [-0.2, 0) is 11.3 Å². The maximum Gasteiger partial charge on any atom is 0.340 e. The molecule has 0 aliphatic heterocycles. The summed E-state index contributed by atoms with van der Waals surface area (Å²) >= 11 is 3.21. The zero-order valence-electron chi connectivity index (χ0n) is 10.6. The monoisotopic (exact) mass is 339 g/mol. The molecule has 0 spiro atoms. The Bertz CT molecular complexity index is 616. The number of hydrogen-bond acceptors (Lipinski definition) is 4. The number of carbonyl (C=O) groups excluding carboxylic acids is 1. The Morgan fingerprint density at radius 3 is 2.75 bits per heavy atom. The van der Waals surface area contributed by atoms with Crippen molar-refractivity contribution in [2.24, 2.45) is 0 Å². The highest BCUT2D eigenvalue weighted by atomic mass is 79.9. The van der Waals surface area contributed by atoms with E-state index in [1.807, 2.05) is 0 Å². The SMILES string of the molecule is COc1ccc(C(=O)OCc2ccc(F)cc2Br)cn1. The number of aromatic nitrogens is 1. The number of halogens is 2. The average molecular weight is 340 g/mol. The summed E-state index contributed by atoms with van der Waals surface area (Å²) in [7, 11) is 1.49. The Kier molecular flexibility index (Phi) is 4.68. The van der Waals surface area contributed by atoms with Crippen LogP contribution in [0.3, 0.4) is 0 Å². The van der Waals surface area contributed by atoms with E-state index in [0.717, 1.165) is 0 Å². The molecular weight excluding hydrogens is 329 g/mol. The second kappa shape index (κ2) is 6.47. The molecule has 0 unspecified atom stereocenters. The minimum Gasteiger partial charge on any atom is -0.481 e. The van der Waals surface area contributed by atoms with Crippen molar-refractivity contribution < 1.29 is 18.7 Å². The number of methoxy groups -OCH3 is 1. The van der Waals surface area contributed by atoms with Crippen molar-refractivity contribution in [3.63, 3.8) is 0 Å². The van der Waals surface area contributed by atoms with Gasteiger partial charge in [0.15, 0.2) is 0 Å². The molecule has 0 fully saturated rings. The predicted octanol–water partition coefficient (Wildman–Crippen LogP) is 3.35. The van der Waals surface area contributed by atoms with E-state index >= 15 is 0 Å². The number of benzene rings is 1. The molecule has 0 saturated carbocycles. The number of rotatable bonds is 4. The topological polar surface area (TPSA) is 48.4 Å². The fourth-order valence-corrected chi connectivity index (χ4v) is 1.95. The zero-order chi connectivity index (χ0) is 14.5. The minimum atomic E-state index is -0.503. The highest BCUT2D eigenvalue weighted by molar-refractivity contribution is 9.10. The summed E-state index contributed by atoms with van der Waals surface area (Å²) < 4.78 is 23.5. The van der Waals surface area contributed by atoms with E-state index in [-0.39, 0.29) is 12.4 Å². The molecule has 2 rings (SSSR count). The van der Waals surface area contributed by atoms with Crippen molar-refractivity contribution in [2.45, 2.75) is 6.61 Å². The molecule has 20 heavy (non-hydrogen) atoms. The summed E-state index contributed by atoms with van der Waals surface area (Å²) in [5, 5.41) is 0. The van der Waals surface area contributed by atoms with Crippen LogP contribution in [0, 0.1) is 5.82 Å². The van der Waals surface area contributed by atoms with E-state index in [1.165, 1.54) is 25.4 Å². The summed E-state index contributed by atoms with van der Waals surface area (Å²) in [4.78, 5) is 15.7. The lowest BCUT2D eigenvalue weighted by molar-refractivity contribution is 0.0471. The largest absolute Gasteiger partial charge is 0.481 e. The quantitative estimate of drug-likeness (QED) is 0.801. The molecule has 0 aliphatic carbocycles. The molecule has 4 nitrogen and oxygen atoms in total. The van der Waals surface area contributed by atoms with Crippen LogP contribution in [0.1, 0.15) is 15.9 Å². The molecule has 0 aliphatic rings. The van der Waals surface area contributed by atoms with Gasteiger partial charge in [-0.1, -0.05) is 22.0 Å². The normalized spacial score (nSPS) is 10.2. The van der Waals surface area contributed by atoms with Crippen LogP contribution in [0.2, 0.25) is 0 Å². The Morgan fingerprint density at radius 1 is 1.35 bits per heavy atom. The van der Waals surface area contributed by atoms with Crippen molar-refractivity contribution in [1.29, 1.82) is 0 Å². The molecule has 1 heterocycles. The molecule has 1 aromatic carbocycles. The third-order valence-corrected chi connectivity index (χ3v) is 3.29. The average Bonchev–Trinajstić information content (AvgIpc) is 2.46. The number of esters is 1. The van der Waals surface area contributed by atoms with Gasteiger partial charge in [0.2, 0.25) is 5.88 Å². The lowest BCUT2D eigenvalue weighted by Gasteiger charge is -2.07. The van der Waals surface area contributed by atoms with Gasteiger partial charge in [0.1, 0.15) is 12.4 Å². The van der Waals surface area contributed by atoms with Crippen LogP contribution < -0.4 is 4.74 Å². The fourth-order valence-electron chi connectivity index (χ4n) is 1.49. The van der Waals surface area contributed by atoms with E-state index in [9.17, 15) is 9.18 Å². The summed E-state index contributed by atoms with van der Waals surface area (Å²) in [5.41, 5.74) is 1.00. The lowest BCUT2D eigenvalue weighted by atomic mass is 10.2. The van der Waals surface area contributed by atoms with Crippen molar-refractivity contribution in [2.75, 3.05) is 7.11 Å². The Balaban J connectivity index is 2.00. The Morgan fingerprint density at radius 2 is 2.15 bits per heavy atom. The first kappa shape index (κ1) is 14.5. The lowest BCUT2D eigenvalue weighted by Crippen LogP contribution is -2.06. The van der Waals surface area contributed by atoms with Crippen LogP contribution in [0.15, 0.2) is 41.0 Å². The van der Waals surface area contributed by atoms with E-state index in [4.69, 9.17) is 9.47 Å².